The number of hydrogen-bond acceptors (Lipinski definition) is 5. The number of carbonyl (C=O) groups is 1. The van der Waals surface area contributed by atoms with Crippen molar-refractivity contribution in [1.29, 1.82) is 0 Å². The summed E-state index contributed by atoms with van der Waals surface area (Å²) in [5.74, 6) is -0.158. The van der Waals surface area contributed by atoms with Crippen LogP contribution in [0.1, 0.15) is 36.5 Å². The highest BCUT2D eigenvalue weighted by Crippen LogP contribution is 2.40. The monoisotopic (exact) mass is 428 g/mol. The first-order chi connectivity index (χ1) is 13.2. The quantitative estimate of drug-likeness (QED) is 0.554. The molecule has 0 saturated carbocycles. The van der Waals surface area contributed by atoms with E-state index in [4.69, 9.17) is 42.5 Å². The minimum Gasteiger partial charge on any atom is -0.507 e. The molecule has 0 radical (unpaired) electrons. The second-order valence-corrected chi connectivity index (χ2v) is 7.23. The number of halogens is 2. The standard InChI is InChI=1S/C20H22Cl2O6/c1-11(2)19-17(28-10-26-3)5-4-12(20(19)25)6-14-15(21)7-13(8-16(14)22)27-9-18(23)24/h4-5,7-8,11,25H,6,9-10H2,1-3H3,(H,23,24). The van der Waals surface area contributed by atoms with E-state index in [1.807, 2.05) is 13.8 Å². The Morgan fingerprint density at radius 2 is 1.79 bits per heavy atom. The van der Waals surface area contributed by atoms with Crippen LogP contribution in [0.15, 0.2) is 24.3 Å². The van der Waals surface area contributed by atoms with E-state index in [0.717, 1.165) is 0 Å². The lowest BCUT2D eigenvalue weighted by Gasteiger charge is -2.18. The van der Waals surface area contributed by atoms with Gasteiger partial charge in [-0.3, -0.25) is 0 Å². The Morgan fingerprint density at radius 3 is 2.32 bits per heavy atom. The highest BCUT2D eigenvalue weighted by atomic mass is 35.5. The predicted octanol–water partition coefficient (Wildman–Crippen LogP) is 4.86. The summed E-state index contributed by atoms with van der Waals surface area (Å²) in [5.41, 5.74) is 1.90. The van der Waals surface area contributed by atoms with Gasteiger partial charge in [0.05, 0.1) is 0 Å². The summed E-state index contributed by atoms with van der Waals surface area (Å²) in [6.45, 7) is 3.49. The van der Waals surface area contributed by atoms with Crippen molar-refractivity contribution >= 4 is 29.2 Å². The van der Waals surface area contributed by atoms with Crippen LogP contribution < -0.4 is 9.47 Å². The largest absolute Gasteiger partial charge is 0.507 e. The smallest absolute Gasteiger partial charge is 0.341 e. The van der Waals surface area contributed by atoms with Crippen molar-refractivity contribution in [2.75, 3.05) is 20.5 Å². The molecule has 0 unspecified atom stereocenters. The molecule has 2 aromatic rings. The average Bonchev–Trinajstić information content (AvgIpc) is 2.62. The third kappa shape index (κ3) is 5.44. The fraction of sp³-hybridized carbons (Fsp3) is 0.350. The topological polar surface area (TPSA) is 85.2 Å². The molecule has 8 heteroatoms. The predicted molar refractivity (Wildman–Crippen MR) is 107 cm³/mol. The first-order valence-electron chi connectivity index (χ1n) is 8.53. The van der Waals surface area contributed by atoms with Crippen molar-refractivity contribution in [2.45, 2.75) is 26.2 Å². The van der Waals surface area contributed by atoms with E-state index in [-0.39, 0.29) is 30.6 Å². The van der Waals surface area contributed by atoms with E-state index in [1.54, 1.807) is 12.1 Å². The zero-order valence-electron chi connectivity index (χ0n) is 15.8. The highest BCUT2D eigenvalue weighted by Gasteiger charge is 2.19. The first kappa shape index (κ1) is 22.1. The summed E-state index contributed by atoms with van der Waals surface area (Å²) in [5, 5.41) is 20.1. The molecule has 6 nitrogen and oxygen atoms in total. The maximum atomic E-state index is 10.8. The molecule has 2 N–H and O–H groups in total. The lowest BCUT2D eigenvalue weighted by molar-refractivity contribution is -0.139. The zero-order chi connectivity index (χ0) is 20.8. The summed E-state index contributed by atoms with van der Waals surface area (Å²) >= 11 is 12.6. The second-order valence-electron chi connectivity index (χ2n) is 6.42. The Morgan fingerprint density at radius 1 is 1.14 bits per heavy atom. The number of aromatic hydroxyl groups is 1. The van der Waals surface area contributed by atoms with E-state index in [2.05, 4.69) is 0 Å². The van der Waals surface area contributed by atoms with E-state index in [9.17, 15) is 9.90 Å². The van der Waals surface area contributed by atoms with Crippen molar-refractivity contribution in [3.8, 4) is 17.2 Å². The van der Waals surface area contributed by atoms with Crippen LogP contribution in [0.3, 0.4) is 0 Å². The van der Waals surface area contributed by atoms with Crippen molar-refractivity contribution in [1.82, 2.24) is 0 Å². The van der Waals surface area contributed by atoms with Crippen LogP contribution in [-0.4, -0.2) is 36.7 Å². The molecule has 0 aliphatic heterocycles. The van der Waals surface area contributed by atoms with Crippen molar-refractivity contribution in [3.05, 3.63) is 51.0 Å². The molecule has 152 valence electrons. The molecule has 0 fully saturated rings. The number of phenolic OH excluding ortho intramolecular Hbond substituents is 1. The molecular weight excluding hydrogens is 407 g/mol. The Labute approximate surface area is 173 Å². The highest BCUT2D eigenvalue weighted by molar-refractivity contribution is 6.36. The Hall–Kier alpha value is -2.15. The number of phenols is 1. The van der Waals surface area contributed by atoms with Gasteiger partial charge in [0.1, 0.15) is 17.2 Å². The summed E-state index contributed by atoms with van der Waals surface area (Å²) < 4.78 is 15.6. The molecule has 28 heavy (non-hydrogen) atoms. The lowest BCUT2D eigenvalue weighted by atomic mass is 9.94. The number of rotatable bonds is 9. The number of benzene rings is 2. The number of ether oxygens (including phenoxy) is 3. The molecule has 0 aromatic heterocycles. The van der Waals surface area contributed by atoms with Crippen molar-refractivity contribution in [3.63, 3.8) is 0 Å². The Kier molecular flexibility index (Phi) is 7.80. The maximum absolute atomic E-state index is 10.8. The summed E-state index contributed by atoms with van der Waals surface area (Å²) in [7, 11) is 1.52. The lowest BCUT2D eigenvalue weighted by Crippen LogP contribution is -2.09. The van der Waals surface area contributed by atoms with Crippen LogP contribution in [-0.2, 0) is 16.0 Å². The molecular formula is C20H22Cl2O6. The zero-order valence-corrected chi connectivity index (χ0v) is 17.3. The maximum Gasteiger partial charge on any atom is 0.341 e. The molecule has 0 heterocycles. The SMILES string of the molecule is COCOc1ccc(Cc2c(Cl)cc(OCC(=O)O)cc2Cl)c(O)c1C(C)C. The molecule has 0 amide bonds. The third-order valence-electron chi connectivity index (χ3n) is 4.01. The molecule has 0 spiro atoms. The van der Waals surface area contributed by atoms with Crippen LogP contribution in [0.5, 0.6) is 17.2 Å². The van der Waals surface area contributed by atoms with Gasteiger partial charge in [-0.1, -0.05) is 43.1 Å². The fourth-order valence-electron chi connectivity index (χ4n) is 2.75. The van der Waals surface area contributed by atoms with E-state index < -0.39 is 12.6 Å². The molecule has 0 aliphatic carbocycles. The molecule has 0 aliphatic rings. The normalized spacial score (nSPS) is 10.9. The molecule has 0 atom stereocenters. The van der Waals surface area contributed by atoms with Gasteiger partial charge in [-0.25, -0.2) is 4.79 Å². The molecule has 0 bridgehead atoms. The summed E-state index contributed by atoms with van der Waals surface area (Å²) in [4.78, 5) is 10.6. The summed E-state index contributed by atoms with van der Waals surface area (Å²) in [6, 6.07) is 6.52. The second kappa shape index (κ2) is 9.87. The van der Waals surface area contributed by atoms with Crippen LogP contribution in [0.2, 0.25) is 10.0 Å². The van der Waals surface area contributed by atoms with Crippen LogP contribution in [0, 0.1) is 0 Å². The number of hydrogen-bond donors (Lipinski definition) is 2. The Balaban J connectivity index is 2.34. The average molecular weight is 429 g/mol. The molecule has 2 aromatic carbocycles. The van der Waals surface area contributed by atoms with Gasteiger partial charge in [0.2, 0.25) is 0 Å². The van der Waals surface area contributed by atoms with Gasteiger partial charge in [0, 0.05) is 29.1 Å². The third-order valence-corrected chi connectivity index (χ3v) is 4.69. The number of methoxy groups -OCH3 is 1. The van der Waals surface area contributed by atoms with Gasteiger partial charge in [-0.15, -0.1) is 0 Å². The van der Waals surface area contributed by atoms with Gasteiger partial charge >= 0.3 is 5.97 Å². The van der Waals surface area contributed by atoms with Gasteiger partial charge in [-0.2, -0.15) is 0 Å². The van der Waals surface area contributed by atoms with Gasteiger partial charge < -0.3 is 24.4 Å². The van der Waals surface area contributed by atoms with E-state index in [1.165, 1.54) is 19.2 Å². The molecule has 2 rings (SSSR count). The van der Waals surface area contributed by atoms with Crippen LogP contribution in [0.4, 0.5) is 0 Å². The number of carboxylic acids is 1. The van der Waals surface area contributed by atoms with Crippen molar-refractivity contribution < 1.29 is 29.2 Å². The van der Waals surface area contributed by atoms with Crippen LogP contribution in [0.25, 0.3) is 0 Å². The molecule has 0 saturated heterocycles. The van der Waals surface area contributed by atoms with Crippen LogP contribution >= 0.6 is 23.2 Å². The van der Waals surface area contributed by atoms with E-state index in [0.29, 0.717) is 32.5 Å². The van der Waals surface area contributed by atoms with Gasteiger partial charge in [0.25, 0.3) is 0 Å². The van der Waals surface area contributed by atoms with Crippen molar-refractivity contribution in [2.24, 2.45) is 0 Å². The first-order valence-corrected chi connectivity index (χ1v) is 9.29. The minimum absolute atomic E-state index is 0.0181. The van der Waals surface area contributed by atoms with Gasteiger partial charge in [-0.05, 0) is 35.2 Å². The van der Waals surface area contributed by atoms with Gasteiger partial charge in [0.15, 0.2) is 13.4 Å². The number of carboxylic acid groups (broad SMARTS) is 1. The summed E-state index contributed by atoms with van der Waals surface area (Å²) in [6.07, 6.45) is 0.285. The minimum atomic E-state index is -1.10. The van der Waals surface area contributed by atoms with E-state index >= 15 is 0 Å². The number of aliphatic carboxylic acids is 1. The fourth-order valence-corrected chi connectivity index (χ4v) is 3.35. The Bertz CT molecular complexity index is 828.